The molecule has 0 bridgehead atoms. The number of carbonyl (C=O) groups excluding carboxylic acids is 2. The van der Waals surface area contributed by atoms with Crippen LogP contribution in [0, 0.1) is 6.92 Å². The van der Waals surface area contributed by atoms with Crippen LogP contribution >= 0.6 is 11.3 Å². The number of carbonyl (C=O) groups is 2. The largest absolute Gasteiger partial charge is 0.444 e. The number of hydrazine groups is 1. The van der Waals surface area contributed by atoms with Crippen LogP contribution in [-0.2, 0) is 16.1 Å². The number of rotatable bonds is 7. The van der Waals surface area contributed by atoms with E-state index in [4.69, 9.17) is 9.47 Å². The van der Waals surface area contributed by atoms with Crippen LogP contribution in [0.15, 0.2) is 47.9 Å². The standard InChI is InChI=1S/C17H19N3O4S/c1-13-18-15(12-25-13)16(21)19-20-17(22)24-10-6-5-9-23-11-14-7-3-2-4-8-14/h2-8,12H,9-11H2,1H3,(H,19,21)(H,20,22). The minimum atomic E-state index is -0.754. The van der Waals surface area contributed by atoms with Crippen molar-refractivity contribution in [1.29, 1.82) is 0 Å². The van der Waals surface area contributed by atoms with Gasteiger partial charge in [0.25, 0.3) is 5.91 Å². The number of aryl methyl sites for hydroxylation is 1. The Labute approximate surface area is 149 Å². The van der Waals surface area contributed by atoms with Crippen LogP contribution in [0.25, 0.3) is 0 Å². The van der Waals surface area contributed by atoms with E-state index in [0.29, 0.717) is 13.2 Å². The fraction of sp³-hybridized carbons (Fsp3) is 0.235. The molecule has 1 heterocycles. The number of hydrogen-bond donors (Lipinski definition) is 2. The Morgan fingerprint density at radius 3 is 2.64 bits per heavy atom. The molecule has 0 aliphatic rings. The SMILES string of the molecule is Cc1nc(C(=O)NNC(=O)OCC=CCOCc2ccccc2)cs1. The Balaban J connectivity index is 1.53. The molecule has 2 amide bonds. The second kappa shape index (κ2) is 10.2. The number of amides is 2. The zero-order valence-electron chi connectivity index (χ0n) is 13.7. The topological polar surface area (TPSA) is 89.6 Å². The molecule has 0 aliphatic heterocycles. The number of hydrogen-bond acceptors (Lipinski definition) is 6. The lowest BCUT2D eigenvalue weighted by Gasteiger charge is -2.05. The molecule has 8 heteroatoms. The second-order valence-corrected chi connectivity index (χ2v) is 5.96. The molecule has 25 heavy (non-hydrogen) atoms. The zero-order valence-corrected chi connectivity index (χ0v) is 14.5. The van der Waals surface area contributed by atoms with Gasteiger partial charge in [0.1, 0.15) is 12.3 Å². The highest BCUT2D eigenvalue weighted by Crippen LogP contribution is 2.07. The number of aromatic nitrogens is 1. The first kappa shape index (κ1) is 18.6. The van der Waals surface area contributed by atoms with E-state index in [2.05, 4.69) is 15.8 Å². The molecule has 7 nitrogen and oxygen atoms in total. The Bertz CT molecular complexity index is 716. The highest BCUT2D eigenvalue weighted by molar-refractivity contribution is 7.09. The molecule has 1 aromatic heterocycles. The maximum atomic E-state index is 11.7. The lowest BCUT2D eigenvalue weighted by Crippen LogP contribution is -2.42. The van der Waals surface area contributed by atoms with Crippen molar-refractivity contribution in [2.75, 3.05) is 13.2 Å². The van der Waals surface area contributed by atoms with Gasteiger partial charge in [0, 0.05) is 5.38 Å². The van der Waals surface area contributed by atoms with Crippen molar-refractivity contribution in [3.63, 3.8) is 0 Å². The van der Waals surface area contributed by atoms with E-state index < -0.39 is 12.0 Å². The average Bonchev–Trinajstić information content (AvgIpc) is 3.06. The molecule has 0 saturated carbocycles. The van der Waals surface area contributed by atoms with Crippen LogP contribution in [0.2, 0.25) is 0 Å². The maximum Gasteiger partial charge on any atom is 0.426 e. The Morgan fingerprint density at radius 1 is 1.16 bits per heavy atom. The molecule has 0 aliphatic carbocycles. The molecule has 0 fully saturated rings. The normalized spacial score (nSPS) is 10.6. The monoisotopic (exact) mass is 361 g/mol. The van der Waals surface area contributed by atoms with Crippen molar-refractivity contribution < 1.29 is 19.1 Å². The molecular formula is C17H19N3O4S. The van der Waals surface area contributed by atoms with Crippen LogP contribution in [0.3, 0.4) is 0 Å². The summed E-state index contributed by atoms with van der Waals surface area (Å²) in [4.78, 5) is 27.1. The van der Waals surface area contributed by atoms with Gasteiger partial charge in [0.2, 0.25) is 0 Å². The number of ether oxygens (including phenoxy) is 2. The van der Waals surface area contributed by atoms with E-state index in [9.17, 15) is 9.59 Å². The lowest BCUT2D eigenvalue weighted by molar-refractivity contribution is 0.0911. The van der Waals surface area contributed by atoms with Crippen molar-refractivity contribution >= 4 is 23.3 Å². The fourth-order valence-electron chi connectivity index (χ4n) is 1.75. The number of nitrogens with one attached hydrogen (secondary N) is 2. The number of nitrogens with zero attached hydrogens (tertiary/aromatic N) is 1. The van der Waals surface area contributed by atoms with E-state index in [1.54, 1.807) is 24.5 Å². The Hall–Kier alpha value is -2.71. The Morgan fingerprint density at radius 2 is 1.92 bits per heavy atom. The molecule has 2 N–H and O–H groups in total. The van der Waals surface area contributed by atoms with Gasteiger partial charge in [0.05, 0.1) is 18.2 Å². The van der Waals surface area contributed by atoms with Crippen LogP contribution in [-0.4, -0.2) is 30.2 Å². The minimum Gasteiger partial charge on any atom is -0.444 e. The van der Waals surface area contributed by atoms with E-state index in [1.807, 2.05) is 30.3 Å². The summed E-state index contributed by atoms with van der Waals surface area (Å²) < 4.78 is 10.3. The number of thiazole rings is 1. The van der Waals surface area contributed by atoms with Gasteiger partial charge in [-0.15, -0.1) is 11.3 Å². The van der Waals surface area contributed by atoms with Crippen molar-refractivity contribution in [2.24, 2.45) is 0 Å². The van der Waals surface area contributed by atoms with Crippen molar-refractivity contribution in [3.8, 4) is 0 Å². The summed E-state index contributed by atoms with van der Waals surface area (Å²) in [5, 5.41) is 2.38. The first-order valence-electron chi connectivity index (χ1n) is 7.57. The molecule has 2 rings (SSSR count). The predicted molar refractivity (Wildman–Crippen MR) is 94.0 cm³/mol. The molecule has 0 saturated heterocycles. The third kappa shape index (κ3) is 7.15. The third-order valence-corrected chi connectivity index (χ3v) is 3.71. The molecular weight excluding hydrogens is 342 g/mol. The summed E-state index contributed by atoms with van der Waals surface area (Å²) in [6.45, 7) is 2.81. The van der Waals surface area contributed by atoms with Gasteiger partial charge in [0.15, 0.2) is 0 Å². The van der Waals surface area contributed by atoms with Gasteiger partial charge in [-0.1, -0.05) is 36.4 Å². The van der Waals surface area contributed by atoms with Gasteiger partial charge in [-0.05, 0) is 18.6 Å². The van der Waals surface area contributed by atoms with E-state index in [0.717, 1.165) is 10.6 Å². The molecule has 132 valence electrons. The number of benzene rings is 1. The predicted octanol–water partition coefficient (Wildman–Crippen LogP) is 2.60. The molecule has 0 spiro atoms. The first-order chi connectivity index (χ1) is 12.1. The zero-order chi connectivity index (χ0) is 17.9. The van der Waals surface area contributed by atoms with Gasteiger partial charge in [-0.25, -0.2) is 15.2 Å². The summed E-state index contributed by atoms with van der Waals surface area (Å²) in [5.41, 5.74) is 5.72. The molecule has 2 aromatic rings. The minimum absolute atomic E-state index is 0.0756. The van der Waals surface area contributed by atoms with Gasteiger partial charge < -0.3 is 9.47 Å². The van der Waals surface area contributed by atoms with Crippen LogP contribution in [0.4, 0.5) is 4.79 Å². The summed E-state index contributed by atoms with van der Waals surface area (Å²) >= 11 is 1.35. The molecule has 1 aromatic carbocycles. The average molecular weight is 361 g/mol. The van der Waals surface area contributed by atoms with Crippen LogP contribution in [0.5, 0.6) is 0 Å². The fourth-order valence-corrected chi connectivity index (χ4v) is 2.35. The van der Waals surface area contributed by atoms with Crippen LogP contribution < -0.4 is 10.9 Å². The summed E-state index contributed by atoms with van der Waals surface area (Å²) in [5.74, 6) is -0.494. The Kier molecular flexibility index (Phi) is 7.61. The second-order valence-electron chi connectivity index (χ2n) is 4.90. The lowest BCUT2D eigenvalue weighted by atomic mass is 10.2. The summed E-state index contributed by atoms with van der Waals surface area (Å²) in [6, 6.07) is 9.83. The quantitative estimate of drug-likeness (QED) is 0.449. The van der Waals surface area contributed by atoms with E-state index in [1.165, 1.54) is 11.3 Å². The van der Waals surface area contributed by atoms with Gasteiger partial charge in [-0.2, -0.15) is 0 Å². The smallest absolute Gasteiger partial charge is 0.426 e. The maximum absolute atomic E-state index is 11.7. The summed E-state index contributed by atoms with van der Waals surface area (Å²) in [6.07, 6.45) is 2.67. The van der Waals surface area contributed by atoms with Gasteiger partial charge in [-0.3, -0.25) is 10.2 Å². The van der Waals surface area contributed by atoms with Crippen molar-refractivity contribution in [1.82, 2.24) is 15.8 Å². The van der Waals surface area contributed by atoms with E-state index >= 15 is 0 Å². The molecule has 0 atom stereocenters. The van der Waals surface area contributed by atoms with Crippen molar-refractivity contribution in [2.45, 2.75) is 13.5 Å². The first-order valence-corrected chi connectivity index (χ1v) is 8.45. The highest BCUT2D eigenvalue weighted by atomic mass is 32.1. The molecule has 0 radical (unpaired) electrons. The van der Waals surface area contributed by atoms with Crippen LogP contribution in [0.1, 0.15) is 21.1 Å². The van der Waals surface area contributed by atoms with Gasteiger partial charge >= 0.3 is 6.09 Å². The van der Waals surface area contributed by atoms with Crippen molar-refractivity contribution in [3.05, 3.63) is 64.1 Å². The molecule has 0 unspecified atom stereocenters. The third-order valence-electron chi connectivity index (χ3n) is 2.93. The van der Waals surface area contributed by atoms with E-state index in [-0.39, 0.29) is 12.3 Å². The highest BCUT2D eigenvalue weighted by Gasteiger charge is 2.10. The summed E-state index contributed by atoms with van der Waals surface area (Å²) in [7, 11) is 0.